The second kappa shape index (κ2) is 5.03. The van der Waals surface area contributed by atoms with Crippen molar-refractivity contribution in [2.75, 3.05) is 19.6 Å². The molecule has 3 nitrogen and oxygen atoms in total. The van der Waals surface area contributed by atoms with Crippen LogP contribution in [0, 0.1) is 0 Å². The molecule has 0 bridgehead atoms. The first-order valence-electron chi connectivity index (χ1n) is 5.50. The molecule has 80 valence electrons. The minimum absolute atomic E-state index is 0.733. The van der Waals surface area contributed by atoms with Crippen molar-refractivity contribution in [3.63, 3.8) is 0 Å². The zero-order chi connectivity index (χ0) is 10.5. The molecular formula is C12H16N2O. The Kier molecular flexibility index (Phi) is 3.45. The third-order valence-corrected chi connectivity index (χ3v) is 2.97. The third-order valence-electron chi connectivity index (χ3n) is 2.97. The van der Waals surface area contributed by atoms with Gasteiger partial charge in [0.05, 0.1) is 0 Å². The van der Waals surface area contributed by atoms with Crippen molar-refractivity contribution >= 4 is 6.29 Å². The molecule has 2 heterocycles. The number of pyridine rings is 1. The molecule has 1 aromatic rings. The molecule has 0 radical (unpaired) electrons. The maximum absolute atomic E-state index is 10.8. The normalized spacial score (nSPS) is 16.8. The molecule has 0 N–H and O–H groups in total. The highest BCUT2D eigenvalue weighted by molar-refractivity contribution is 5.76. The van der Waals surface area contributed by atoms with Gasteiger partial charge in [-0.2, -0.15) is 0 Å². The van der Waals surface area contributed by atoms with Gasteiger partial charge in [-0.3, -0.25) is 9.78 Å². The smallest absolute Gasteiger partial charge is 0.151 e. The van der Waals surface area contributed by atoms with Crippen molar-refractivity contribution in [2.45, 2.75) is 19.3 Å². The lowest BCUT2D eigenvalue weighted by molar-refractivity contribution is 0.112. The van der Waals surface area contributed by atoms with E-state index in [4.69, 9.17) is 0 Å². The van der Waals surface area contributed by atoms with Gasteiger partial charge in [-0.05, 0) is 44.0 Å². The van der Waals surface area contributed by atoms with Crippen LogP contribution in [0.4, 0.5) is 0 Å². The van der Waals surface area contributed by atoms with Gasteiger partial charge in [0.15, 0.2) is 6.29 Å². The largest absolute Gasteiger partial charge is 0.303 e. The highest BCUT2D eigenvalue weighted by atomic mass is 16.1. The number of likely N-dealkylation sites (tertiary alicyclic amines) is 1. The minimum Gasteiger partial charge on any atom is -0.303 e. The number of nitrogens with zero attached hydrogens (tertiary/aromatic N) is 2. The highest BCUT2D eigenvalue weighted by Gasteiger charge is 2.11. The Balaban J connectivity index is 1.94. The first-order valence-corrected chi connectivity index (χ1v) is 5.50. The van der Waals surface area contributed by atoms with Crippen molar-refractivity contribution in [3.05, 3.63) is 29.6 Å². The summed E-state index contributed by atoms with van der Waals surface area (Å²) in [5.74, 6) is 0. The Morgan fingerprint density at radius 2 is 2.20 bits per heavy atom. The van der Waals surface area contributed by atoms with Crippen LogP contribution in [-0.4, -0.2) is 35.8 Å². The summed E-state index contributed by atoms with van der Waals surface area (Å²) in [5.41, 5.74) is 1.85. The van der Waals surface area contributed by atoms with Crippen LogP contribution in [0.3, 0.4) is 0 Å². The van der Waals surface area contributed by atoms with Gasteiger partial charge in [-0.25, -0.2) is 0 Å². The van der Waals surface area contributed by atoms with Gasteiger partial charge < -0.3 is 4.90 Å². The number of aromatic nitrogens is 1. The van der Waals surface area contributed by atoms with Crippen LogP contribution in [0.2, 0.25) is 0 Å². The zero-order valence-corrected chi connectivity index (χ0v) is 8.85. The molecule has 0 atom stereocenters. The van der Waals surface area contributed by atoms with E-state index in [-0.39, 0.29) is 0 Å². The standard InChI is InChI=1S/C12H16N2O/c15-10-12-9-13-5-3-11(12)4-8-14-6-1-2-7-14/h3,5,9-10H,1-2,4,6-8H2. The second-order valence-electron chi connectivity index (χ2n) is 3.99. The molecule has 3 heteroatoms. The molecule has 2 rings (SSSR count). The topological polar surface area (TPSA) is 33.2 Å². The molecule has 1 saturated heterocycles. The van der Waals surface area contributed by atoms with Gasteiger partial charge in [-0.1, -0.05) is 0 Å². The number of hydrogen-bond donors (Lipinski definition) is 0. The van der Waals surface area contributed by atoms with Crippen LogP contribution in [-0.2, 0) is 6.42 Å². The number of aldehydes is 1. The Morgan fingerprint density at radius 1 is 1.40 bits per heavy atom. The fourth-order valence-corrected chi connectivity index (χ4v) is 2.05. The van der Waals surface area contributed by atoms with Crippen LogP contribution in [0.5, 0.6) is 0 Å². The Morgan fingerprint density at radius 3 is 2.93 bits per heavy atom. The van der Waals surface area contributed by atoms with E-state index in [0.717, 1.165) is 30.4 Å². The van der Waals surface area contributed by atoms with Crippen LogP contribution in [0.15, 0.2) is 18.5 Å². The van der Waals surface area contributed by atoms with E-state index < -0.39 is 0 Å². The first kappa shape index (κ1) is 10.3. The molecule has 0 unspecified atom stereocenters. The lowest BCUT2D eigenvalue weighted by Gasteiger charge is -2.14. The van der Waals surface area contributed by atoms with Crippen LogP contribution in [0.25, 0.3) is 0 Å². The van der Waals surface area contributed by atoms with Gasteiger partial charge in [0.2, 0.25) is 0 Å². The zero-order valence-electron chi connectivity index (χ0n) is 8.85. The quantitative estimate of drug-likeness (QED) is 0.697. The van der Waals surface area contributed by atoms with Gasteiger partial charge in [0.25, 0.3) is 0 Å². The summed E-state index contributed by atoms with van der Waals surface area (Å²) in [4.78, 5) is 17.2. The molecule has 0 spiro atoms. The fourth-order valence-electron chi connectivity index (χ4n) is 2.05. The van der Waals surface area contributed by atoms with Crippen LogP contribution >= 0.6 is 0 Å². The van der Waals surface area contributed by atoms with E-state index in [1.807, 2.05) is 6.07 Å². The average molecular weight is 204 g/mol. The molecule has 1 aliphatic rings. The lowest BCUT2D eigenvalue weighted by Crippen LogP contribution is -2.22. The fraction of sp³-hybridized carbons (Fsp3) is 0.500. The van der Waals surface area contributed by atoms with E-state index in [1.165, 1.54) is 25.9 Å². The van der Waals surface area contributed by atoms with E-state index in [1.54, 1.807) is 12.4 Å². The summed E-state index contributed by atoms with van der Waals surface area (Å²) in [6, 6.07) is 1.94. The summed E-state index contributed by atoms with van der Waals surface area (Å²) in [6.07, 6.45) is 7.88. The number of carbonyl (C=O) groups excluding carboxylic acids is 1. The molecule has 1 aliphatic heterocycles. The monoisotopic (exact) mass is 204 g/mol. The van der Waals surface area contributed by atoms with Gasteiger partial charge in [-0.15, -0.1) is 0 Å². The SMILES string of the molecule is O=Cc1cnccc1CCN1CCCC1. The Labute approximate surface area is 90.1 Å². The molecule has 0 amide bonds. The molecule has 0 saturated carbocycles. The molecule has 1 fully saturated rings. The van der Waals surface area contributed by atoms with Crippen molar-refractivity contribution < 1.29 is 4.79 Å². The summed E-state index contributed by atoms with van der Waals surface area (Å²) in [7, 11) is 0. The predicted octanol–water partition coefficient (Wildman–Crippen LogP) is 1.53. The van der Waals surface area contributed by atoms with E-state index >= 15 is 0 Å². The maximum Gasteiger partial charge on any atom is 0.151 e. The van der Waals surface area contributed by atoms with Crippen molar-refractivity contribution in [1.29, 1.82) is 0 Å². The molecular weight excluding hydrogens is 188 g/mol. The van der Waals surface area contributed by atoms with Crippen LogP contribution in [0.1, 0.15) is 28.8 Å². The van der Waals surface area contributed by atoms with E-state index in [0.29, 0.717) is 0 Å². The summed E-state index contributed by atoms with van der Waals surface area (Å²) in [5, 5.41) is 0. The minimum atomic E-state index is 0.733. The molecule has 0 aromatic carbocycles. The Hall–Kier alpha value is -1.22. The van der Waals surface area contributed by atoms with Crippen molar-refractivity contribution in [2.24, 2.45) is 0 Å². The summed E-state index contributed by atoms with van der Waals surface area (Å²) in [6.45, 7) is 3.48. The average Bonchev–Trinajstić information content (AvgIpc) is 2.79. The third kappa shape index (κ3) is 2.63. The lowest BCUT2D eigenvalue weighted by atomic mass is 10.1. The van der Waals surface area contributed by atoms with Crippen molar-refractivity contribution in [1.82, 2.24) is 9.88 Å². The van der Waals surface area contributed by atoms with Gasteiger partial charge in [0.1, 0.15) is 0 Å². The van der Waals surface area contributed by atoms with Crippen molar-refractivity contribution in [3.8, 4) is 0 Å². The molecule has 0 aliphatic carbocycles. The maximum atomic E-state index is 10.8. The second-order valence-corrected chi connectivity index (χ2v) is 3.99. The summed E-state index contributed by atoms with van der Waals surface area (Å²) < 4.78 is 0. The van der Waals surface area contributed by atoms with Crippen LogP contribution < -0.4 is 0 Å². The molecule has 1 aromatic heterocycles. The predicted molar refractivity (Wildman–Crippen MR) is 59.0 cm³/mol. The molecule has 15 heavy (non-hydrogen) atoms. The first-order chi connectivity index (χ1) is 7.40. The highest BCUT2D eigenvalue weighted by Crippen LogP contribution is 2.10. The number of carbonyl (C=O) groups is 1. The Bertz CT molecular complexity index is 332. The number of rotatable bonds is 4. The van der Waals surface area contributed by atoms with Gasteiger partial charge in [0, 0.05) is 24.5 Å². The van der Waals surface area contributed by atoms with Gasteiger partial charge >= 0.3 is 0 Å². The number of hydrogen-bond acceptors (Lipinski definition) is 3. The van der Waals surface area contributed by atoms with E-state index in [9.17, 15) is 4.79 Å². The van der Waals surface area contributed by atoms with E-state index in [2.05, 4.69) is 9.88 Å². The summed E-state index contributed by atoms with van der Waals surface area (Å²) >= 11 is 0.